The van der Waals surface area contributed by atoms with Gasteiger partial charge in [0.15, 0.2) is 0 Å². The van der Waals surface area contributed by atoms with E-state index in [0.717, 1.165) is 24.9 Å². The number of nitrogens with zero attached hydrogens (tertiary/aromatic N) is 1. The van der Waals surface area contributed by atoms with Crippen LogP contribution < -0.4 is 10.5 Å². The van der Waals surface area contributed by atoms with Gasteiger partial charge in [0.1, 0.15) is 0 Å². The molecular formula is C20H25N3O3S. The largest absolute Gasteiger partial charge is 0.355 e. The first-order valence-electron chi connectivity index (χ1n) is 9.08. The molecule has 0 bridgehead atoms. The van der Waals surface area contributed by atoms with Crippen molar-refractivity contribution in [1.29, 1.82) is 0 Å². The highest BCUT2D eigenvalue weighted by Gasteiger charge is 2.30. The van der Waals surface area contributed by atoms with Gasteiger partial charge in [0, 0.05) is 19.1 Å². The molecule has 0 aliphatic heterocycles. The first kappa shape index (κ1) is 19.5. The third kappa shape index (κ3) is 6.16. The molecule has 2 aromatic carbocycles. The lowest BCUT2D eigenvalue weighted by Crippen LogP contribution is -2.38. The normalized spacial score (nSPS) is 14.3. The molecule has 7 heteroatoms. The third-order valence-electron chi connectivity index (χ3n) is 4.63. The standard InChI is InChI=1S/C20H25N3O3S/c21-27(25,26)19-10-6-16(7-11-19)12-13-22-20(24)15-23(18-8-9-18)14-17-4-2-1-3-5-17/h1-7,10-11,18H,8-9,12-15H2,(H,22,24)(H2,21,25,26). The van der Waals surface area contributed by atoms with Crippen LogP contribution in [0.25, 0.3) is 0 Å². The first-order chi connectivity index (χ1) is 12.9. The SMILES string of the molecule is NS(=O)(=O)c1ccc(CCNC(=O)CN(Cc2ccccc2)C2CC2)cc1. The summed E-state index contributed by atoms with van der Waals surface area (Å²) in [5.41, 5.74) is 2.16. The Hall–Kier alpha value is -2.22. The van der Waals surface area contributed by atoms with Gasteiger partial charge in [-0.3, -0.25) is 9.69 Å². The summed E-state index contributed by atoms with van der Waals surface area (Å²) in [4.78, 5) is 14.6. The number of benzene rings is 2. The minimum Gasteiger partial charge on any atom is -0.355 e. The highest BCUT2D eigenvalue weighted by Crippen LogP contribution is 2.27. The topological polar surface area (TPSA) is 92.5 Å². The van der Waals surface area contributed by atoms with Crippen LogP contribution in [-0.2, 0) is 27.8 Å². The van der Waals surface area contributed by atoms with Crippen molar-refractivity contribution in [2.24, 2.45) is 5.14 Å². The molecule has 3 N–H and O–H groups in total. The zero-order valence-corrected chi connectivity index (χ0v) is 16.0. The Balaban J connectivity index is 1.46. The number of rotatable bonds is 9. The van der Waals surface area contributed by atoms with Crippen LogP contribution in [0.2, 0.25) is 0 Å². The number of hydrogen-bond donors (Lipinski definition) is 2. The lowest BCUT2D eigenvalue weighted by molar-refractivity contribution is -0.122. The fourth-order valence-corrected chi connectivity index (χ4v) is 3.52. The van der Waals surface area contributed by atoms with E-state index >= 15 is 0 Å². The maximum atomic E-state index is 12.3. The molecule has 1 saturated carbocycles. The van der Waals surface area contributed by atoms with Crippen LogP contribution in [0, 0.1) is 0 Å². The highest BCUT2D eigenvalue weighted by atomic mass is 32.2. The van der Waals surface area contributed by atoms with Crippen molar-refractivity contribution in [2.45, 2.75) is 36.7 Å². The van der Waals surface area contributed by atoms with E-state index in [1.165, 1.54) is 17.7 Å². The Kier molecular flexibility index (Phi) is 6.26. The molecular weight excluding hydrogens is 362 g/mol. The third-order valence-corrected chi connectivity index (χ3v) is 5.56. The second-order valence-corrected chi connectivity index (χ2v) is 8.47. The van der Waals surface area contributed by atoms with Crippen molar-refractivity contribution in [3.05, 3.63) is 65.7 Å². The molecule has 3 rings (SSSR count). The van der Waals surface area contributed by atoms with Crippen molar-refractivity contribution < 1.29 is 13.2 Å². The first-order valence-corrected chi connectivity index (χ1v) is 10.6. The number of hydrogen-bond acceptors (Lipinski definition) is 4. The summed E-state index contributed by atoms with van der Waals surface area (Å²) in [5, 5.41) is 8.04. The minimum atomic E-state index is -3.67. The zero-order valence-electron chi connectivity index (χ0n) is 15.2. The predicted molar refractivity (Wildman–Crippen MR) is 104 cm³/mol. The number of nitrogens with two attached hydrogens (primary N) is 1. The number of carbonyl (C=O) groups excluding carboxylic acids is 1. The van der Waals surface area contributed by atoms with Crippen LogP contribution in [-0.4, -0.2) is 38.4 Å². The van der Waals surface area contributed by atoms with E-state index in [1.807, 2.05) is 18.2 Å². The molecule has 1 fully saturated rings. The average Bonchev–Trinajstić information content (AvgIpc) is 3.47. The van der Waals surface area contributed by atoms with Crippen molar-refractivity contribution in [3.8, 4) is 0 Å². The number of carbonyl (C=O) groups is 1. The fraction of sp³-hybridized carbons (Fsp3) is 0.350. The van der Waals surface area contributed by atoms with E-state index in [1.54, 1.807) is 12.1 Å². The summed E-state index contributed by atoms with van der Waals surface area (Å²) < 4.78 is 22.5. The van der Waals surface area contributed by atoms with Crippen LogP contribution >= 0.6 is 0 Å². The van der Waals surface area contributed by atoms with Crippen LogP contribution in [0.3, 0.4) is 0 Å². The Labute approximate surface area is 160 Å². The van der Waals surface area contributed by atoms with Crippen molar-refractivity contribution in [2.75, 3.05) is 13.1 Å². The molecule has 0 unspecified atom stereocenters. The van der Waals surface area contributed by atoms with E-state index in [-0.39, 0.29) is 10.8 Å². The van der Waals surface area contributed by atoms with Gasteiger partial charge in [0.25, 0.3) is 0 Å². The molecule has 1 aliphatic rings. The van der Waals surface area contributed by atoms with Gasteiger partial charge < -0.3 is 5.32 Å². The van der Waals surface area contributed by atoms with Crippen molar-refractivity contribution in [1.82, 2.24) is 10.2 Å². The molecule has 0 spiro atoms. The molecule has 144 valence electrons. The quantitative estimate of drug-likeness (QED) is 0.684. The fourth-order valence-electron chi connectivity index (χ4n) is 3.00. The maximum Gasteiger partial charge on any atom is 0.238 e. The van der Waals surface area contributed by atoms with E-state index in [2.05, 4.69) is 22.3 Å². The van der Waals surface area contributed by atoms with Crippen molar-refractivity contribution >= 4 is 15.9 Å². The van der Waals surface area contributed by atoms with Gasteiger partial charge >= 0.3 is 0 Å². The maximum absolute atomic E-state index is 12.3. The van der Waals surface area contributed by atoms with Crippen LogP contribution in [0.5, 0.6) is 0 Å². The number of primary sulfonamides is 1. The van der Waals surface area contributed by atoms with Crippen LogP contribution in [0.1, 0.15) is 24.0 Å². The summed E-state index contributed by atoms with van der Waals surface area (Å²) in [5.74, 6) is 0.0130. The Morgan fingerprint density at radius 3 is 2.30 bits per heavy atom. The zero-order chi connectivity index (χ0) is 19.3. The van der Waals surface area contributed by atoms with Crippen LogP contribution in [0.15, 0.2) is 59.5 Å². The molecule has 1 amide bonds. The van der Waals surface area contributed by atoms with Gasteiger partial charge in [-0.2, -0.15) is 0 Å². The Morgan fingerprint density at radius 1 is 1.04 bits per heavy atom. The summed E-state index contributed by atoms with van der Waals surface area (Å²) >= 11 is 0. The molecule has 0 heterocycles. The summed E-state index contributed by atoms with van der Waals surface area (Å²) in [7, 11) is -3.67. The van der Waals surface area contributed by atoms with E-state index < -0.39 is 10.0 Å². The molecule has 0 saturated heterocycles. The number of amides is 1. The number of nitrogens with one attached hydrogen (secondary N) is 1. The molecule has 0 radical (unpaired) electrons. The highest BCUT2D eigenvalue weighted by molar-refractivity contribution is 7.89. The summed E-state index contributed by atoms with van der Waals surface area (Å²) in [6.45, 7) is 1.69. The van der Waals surface area contributed by atoms with Gasteiger partial charge in [-0.15, -0.1) is 0 Å². The molecule has 0 atom stereocenters. The Bertz CT molecular complexity index is 863. The van der Waals surface area contributed by atoms with Gasteiger partial charge in [0.2, 0.25) is 15.9 Å². The van der Waals surface area contributed by atoms with Gasteiger partial charge in [0.05, 0.1) is 11.4 Å². The molecule has 6 nitrogen and oxygen atoms in total. The Morgan fingerprint density at radius 2 is 1.70 bits per heavy atom. The van der Waals surface area contributed by atoms with Gasteiger partial charge in [-0.05, 0) is 42.5 Å². The van der Waals surface area contributed by atoms with E-state index in [0.29, 0.717) is 25.6 Å². The van der Waals surface area contributed by atoms with Crippen molar-refractivity contribution in [3.63, 3.8) is 0 Å². The van der Waals surface area contributed by atoms with Gasteiger partial charge in [-0.25, -0.2) is 13.6 Å². The lowest BCUT2D eigenvalue weighted by Gasteiger charge is -2.21. The molecule has 2 aromatic rings. The average molecular weight is 388 g/mol. The predicted octanol–water partition coefficient (Wildman–Crippen LogP) is 1.66. The van der Waals surface area contributed by atoms with E-state index in [9.17, 15) is 13.2 Å². The summed E-state index contributed by atoms with van der Waals surface area (Å²) in [6, 6.07) is 17.1. The second-order valence-electron chi connectivity index (χ2n) is 6.91. The molecule has 1 aliphatic carbocycles. The van der Waals surface area contributed by atoms with Gasteiger partial charge in [-0.1, -0.05) is 42.5 Å². The monoisotopic (exact) mass is 387 g/mol. The number of sulfonamides is 1. The lowest BCUT2D eigenvalue weighted by atomic mass is 10.1. The van der Waals surface area contributed by atoms with Crippen LogP contribution in [0.4, 0.5) is 0 Å². The molecule has 27 heavy (non-hydrogen) atoms. The van der Waals surface area contributed by atoms with E-state index in [4.69, 9.17) is 5.14 Å². The minimum absolute atomic E-state index is 0.0130. The molecule has 0 aromatic heterocycles. The second kappa shape index (κ2) is 8.65. The summed E-state index contributed by atoms with van der Waals surface area (Å²) in [6.07, 6.45) is 2.94. The smallest absolute Gasteiger partial charge is 0.238 e.